The van der Waals surface area contributed by atoms with Crippen LogP contribution in [-0.4, -0.2) is 52.6 Å². The number of alkyl halides is 2. The molecule has 0 saturated heterocycles. The molecular formula is C20H20F2IN5O4. The zero-order valence-corrected chi connectivity index (χ0v) is 19.2. The quantitative estimate of drug-likeness (QED) is 0.418. The van der Waals surface area contributed by atoms with E-state index in [9.17, 15) is 18.4 Å². The second-order valence-electron chi connectivity index (χ2n) is 7.60. The molecule has 1 aliphatic carbocycles. The molecule has 2 N–H and O–H groups in total. The lowest BCUT2D eigenvalue weighted by Crippen LogP contribution is -2.47. The van der Waals surface area contributed by atoms with Crippen LogP contribution in [0.25, 0.3) is 0 Å². The van der Waals surface area contributed by atoms with E-state index in [0.717, 1.165) is 28.8 Å². The summed E-state index contributed by atoms with van der Waals surface area (Å²) in [5.41, 5.74) is 0.647. The lowest BCUT2D eigenvalue weighted by atomic mass is 10.2. The van der Waals surface area contributed by atoms with E-state index < -0.39 is 24.3 Å². The number of halogens is 3. The maximum Gasteiger partial charge on any atom is 0.342 e. The van der Waals surface area contributed by atoms with Crippen LogP contribution in [0.4, 0.5) is 31.9 Å². The number of carbonyl (C=O) groups excluding carboxylic acids is 1. The second-order valence-corrected chi connectivity index (χ2v) is 8.57. The number of carbonyl (C=O) groups is 2. The predicted octanol–water partition coefficient (Wildman–Crippen LogP) is 4.01. The van der Waals surface area contributed by atoms with Crippen LogP contribution >= 0.6 is 22.9 Å². The van der Waals surface area contributed by atoms with Crippen molar-refractivity contribution in [3.05, 3.63) is 30.0 Å². The minimum Gasteiger partial charge on any atom is -0.495 e. The number of ether oxygens (including phenoxy) is 1. The van der Waals surface area contributed by atoms with Gasteiger partial charge >= 0.3 is 17.8 Å². The van der Waals surface area contributed by atoms with Gasteiger partial charge in [0.2, 0.25) is 5.95 Å². The van der Waals surface area contributed by atoms with Gasteiger partial charge in [-0.25, -0.2) is 12.9 Å². The molecule has 9 nitrogen and oxygen atoms in total. The average molecular weight is 559 g/mol. The first-order chi connectivity index (χ1) is 15.2. The molecule has 0 unspecified atom stereocenters. The third-order valence-electron chi connectivity index (χ3n) is 5.55. The van der Waals surface area contributed by atoms with Crippen molar-refractivity contribution in [3.8, 4) is 5.75 Å². The highest BCUT2D eigenvalue weighted by Gasteiger charge is 2.49. The van der Waals surface area contributed by atoms with Crippen LogP contribution in [-0.2, 0) is 4.79 Å². The molecule has 2 heterocycles. The molecule has 0 bridgehead atoms. The van der Waals surface area contributed by atoms with Crippen LogP contribution in [0.1, 0.15) is 36.0 Å². The van der Waals surface area contributed by atoms with Gasteiger partial charge < -0.3 is 20.1 Å². The average Bonchev–Trinajstić information content (AvgIpc) is 3.29. The van der Waals surface area contributed by atoms with E-state index in [-0.39, 0.29) is 34.8 Å². The minimum atomic E-state index is -3.56. The molecule has 0 radical (unpaired) electrons. The number of nitrogens with zero attached hydrogens (tertiary/aromatic N) is 4. The minimum absolute atomic E-state index is 0.0453. The molecule has 12 heteroatoms. The number of methoxy groups -OCH3 is 1. The molecule has 4 rings (SSSR count). The van der Waals surface area contributed by atoms with Gasteiger partial charge in [0.05, 0.1) is 54.0 Å². The van der Waals surface area contributed by atoms with Crippen molar-refractivity contribution in [1.82, 2.24) is 9.97 Å². The summed E-state index contributed by atoms with van der Waals surface area (Å²) in [7, 11) is 1.40. The molecule has 2 aliphatic rings. The molecule has 0 atom stereocenters. The predicted molar refractivity (Wildman–Crippen MR) is 121 cm³/mol. The third-order valence-corrected chi connectivity index (χ3v) is 6.51. The molecular weight excluding hydrogens is 539 g/mol. The summed E-state index contributed by atoms with van der Waals surface area (Å²) in [6, 6.07) is 4.11. The molecule has 2 aromatic rings. The maximum atomic E-state index is 14.7. The van der Waals surface area contributed by atoms with E-state index in [2.05, 4.69) is 15.3 Å². The van der Waals surface area contributed by atoms with E-state index in [1.54, 1.807) is 22.9 Å². The highest BCUT2D eigenvalue weighted by atomic mass is 127. The zero-order valence-electron chi connectivity index (χ0n) is 17.0. The fraction of sp³-hybridized carbons (Fsp3) is 0.400. The van der Waals surface area contributed by atoms with E-state index in [4.69, 9.17) is 9.84 Å². The number of benzene rings is 1. The molecule has 1 aliphatic heterocycles. The van der Waals surface area contributed by atoms with Gasteiger partial charge in [0.25, 0.3) is 0 Å². The number of carboxylic acids is 1. The number of nitrogens with one attached hydrogen (secondary N) is 1. The van der Waals surface area contributed by atoms with Crippen LogP contribution in [0.15, 0.2) is 24.4 Å². The van der Waals surface area contributed by atoms with Crippen molar-refractivity contribution in [1.29, 1.82) is 0 Å². The largest absolute Gasteiger partial charge is 0.495 e. The number of anilines is 4. The molecule has 170 valence electrons. The number of aromatic nitrogens is 2. The molecule has 1 aromatic carbocycles. The monoisotopic (exact) mass is 559 g/mol. The van der Waals surface area contributed by atoms with Crippen molar-refractivity contribution >= 4 is 57.9 Å². The number of aromatic carboxylic acids is 1. The summed E-state index contributed by atoms with van der Waals surface area (Å²) < 4.78 is 35.4. The van der Waals surface area contributed by atoms with E-state index in [1.807, 2.05) is 0 Å². The van der Waals surface area contributed by atoms with Gasteiger partial charge in [-0.1, -0.05) is 12.8 Å². The summed E-state index contributed by atoms with van der Waals surface area (Å²) in [4.78, 5) is 33.7. The fourth-order valence-electron chi connectivity index (χ4n) is 3.95. The van der Waals surface area contributed by atoms with Crippen molar-refractivity contribution in [2.24, 2.45) is 0 Å². The van der Waals surface area contributed by atoms with Gasteiger partial charge in [-0.2, -0.15) is 13.8 Å². The highest BCUT2D eigenvalue weighted by molar-refractivity contribution is 14.1. The Balaban J connectivity index is 1.74. The lowest BCUT2D eigenvalue weighted by Gasteiger charge is -2.31. The SMILES string of the molecule is COc1cc(C(=O)O)ccc1Nc1ncc2c(n1)N(C1CCCC1)CC(F)(F)C(=O)N2I. The summed E-state index contributed by atoms with van der Waals surface area (Å²) in [5.74, 6) is -5.36. The van der Waals surface area contributed by atoms with Crippen LogP contribution in [0.5, 0.6) is 5.75 Å². The van der Waals surface area contributed by atoms with Crippen molar-refractivity contribution in [2.45, 2.75) is 37.6 Å². The number of carboxylic acid groups (broad SMARTS) is 1. The summed E-state index contributed by atoms with van der Waals surface area (Å²) in [6.07, 6.45) is 4.65. The number of amides is 1. The zero-order chi connectivity index (χ0) is 23.0. The maximum absolute atomic E-state index is 14.7. The van der Waals surface area contributed by atoms with E-state index in [1.165, 1.54) is 36.4 Å². The first kappa shape index (κ1) is 22.4. The van der Waals surface area contributed by atoms with Gasteiger partial charge in [-0.15, -0.1) is 0 Å². The van der Waals surface area contributed by atoms with Crippen molar-refractivity contribution in [2.75, 3.05) is 27.0 Å². The smallest absolute Gasteiger partial charge is 0.342 e. The van der Waals surface area contributed by atoms with Crippen LogP contribution < -0.4 is 18.1 Å². The molecule has 32 heavy (non-hydrogen) atoms. The Morgan fingerprint density at radius 3 is 2.72 bits per heavy atom. The molecule has 0 spiro atoms. The number of fused-ring (bicyclic) bond motifs is 1. The van der Waals surface area contributed by atoms with Gasteiger partial charge in [-0.05, 0) is 31.0 Å². The first-order valence-electron chi connectivity index (χ1n) is 9.91. The van der Waals surface area contributed by atoms with Gasteiger partial charge in [0, 0.05) is 6.04 Å². The summed E-state index contributed by atoms with van der Waals surface area (Å²) >= 11 is 1.55. The topological polar surface area (TPSA) is 108 Å². The van der Waals surface area contributed by atoms with Crippen molar-refractivity contribution < 1.29 is 28.2 Å². The summed E-state index contributed by atoms with van der Waals surface area (Å²) in [5, 5.41) is 12.1. The van der Waals surface area contributed by atoms with E-state index in [0.29, 0.717) is 5.69 Å². The van der Waals surface area contributed by atoms with Gasteiger partial charge in [0.1, 0.15) is 11.4 Å². The highest BCUT2D eigenvalue weighted by Crippen LogP contribution is 2.41. The Hall–Kier alpha value is -2.77. The van der Waals surface area contributed by atoms with Gasteiger partial charge in [0.15, 0.2) is 5.82 Å². The molecule has 1 amide bonds. The number of hydrogen-bond donors (Lipinski definition) is 2. The Labute approximate surface area is 196 Å². The van der Waals surface area contributed by atoms with Crippen LogP contribution in [0.2, 0.25) is 0 Å². The fourth-order valence-corrected chi connectivity index (χ4v) is 4.65. The normalized spacial score (nSPS) is 18.3. The van der Waals surface area contributed by atoms with Gasteiger partial charge in [-0.3, -0.25) is 4.79 Å². The standard InChI is InChI=1S/C20H20F2IN5O4/c1-32-15-8-11(17(29)30)6-7-13(15)25-19-24-9-14-16(26-19)27(12-4-2-3-5-12)10-20(21,22)18(31)28(14)23/h6-9,12H,2-5,10H2,1H3,(H,29,30)(H,24,25,26). The first-order valence-corrected chi connectivity index (χ1v) is 10.9. The molecule has 1 aromatic heterocycles. The Morgan fingerprint density at radius 1 is 1.34 bits per heavy atom. The van der Waals surface area contributed by atoms with E-state index >= 15 is 0 Å². The molecule has 1 saturated carbocycles. The Kier molecular flexibility index (Phi) is 6.05. The number of rotatable bonds is 5. The second kappa shape index (κ2) is 8.64. The molecule has 1 fully saturated rings. The Morgan fingerprint density at radius 2 is 2.06 bits per heavy atom. The van der Waals surface area contributed by atoms with Crippen molar-refractivity contribution in [3.63, 3.8) is 0 Å². The van der Waals surface area contributed by atoms with Crippen LogP contribution in [0.3, 0.4) is 0 Å². The number of hydrogen-bond acceptors (Lipinski definition) is 7. The summed E-state index contributed by atoms with van der Waals surface area (Å²) in [6.45, 7) is -0.754. The third kappa shape index (κ3) is 4.14. The Bertz CT molecular complexity index is 1060. The van der Waals surface area contributed by atoms with Crippen LogP contribution in [0, 0.1) is 0 Å². The lowest BCUT2D eigenvalue weighted by molar-refractivity contribution is -0.139.